The van der Waals surface area contributed by atoms with Gasteiger partial charge in [-0.2, -0.15) is 49.2 Å². The van der Waals surface area contributed by atoms with Crippen molar-refractivity contribution in [1.29, 1.82) is 5.26 Å². The number of carbonyl (C=O) groups is 2. The monoisotopic (exact) mass is 944 g/mol. The minimum absolute atomic E-state index is 0.0759. The van der Waals surface area contributed by atoms with E-state index in [0.29, 0.717) is 6.07 Å². The molecule has 0 atom stereocenters. The summed E-state index contributed by atoms with van der Waals surface area (Å²) < 4.78 is 137. The maximum absolute atomic E-state index is 12.9. The summed E-state index contributed by atoms with van der Waals surface area (Å²) in [6.45, 7) is 1.59. The van der Waals surface area contributed by atoms with Gasteiger partial charge < -0.3 is 16.1 Å². The standard InChI is InChI=1S/C34H28N10O15S4/c1-2-3-19-7-10-24(16-28(19)61(51,52)53)43-44(47)25-12-8-21(29(17-25)62(54,55)56)5-4-20-6-9-22(14-27(20)60(48,49)50)39-40-23-11-13-26(30(15-23)63(57,58)59)41-42-31-32(45)37-34(36-18-35)38-33(31)46/h2-17,31,39-40H,1H3,(H,48,49,50)(H,51,52,53)(H,54,55,56)(H,57,58,59)(H2,36,37,38,45,46)/b3-2+,5-4+,42-41?,44-43?. The molecule has 4 aromatic carbocycles. The molecule has 0 saturated carbocycles. The van der Waals surface area contributed by atoms with E-state index >= 15 is 0 Å². The highest BCUT2D eigenvalue weighted by atomic mass is 32.2. The molecule has 29 heteroatoms. The summed E-state index contributed by atoms with van der Waals surface area (Å²) in [4.78, 5) is 24.5. The topological polar surface area (TPSA) is 399 Å². The number of anilines is 2. The lowest BCUT2D eigenvalue weighted by Gasteiger charge is -2.18. The molecular weight excluding hydrogens is 917 g/mol. The first-order chi connectivity index (χ1) is 29.4. The number of carbonyl (C=O) groups excluding carboxylic acids is 2. The first-order valence-electron chi connectivity index (χ1n) is 16.9. The number of nitriles is 1. The van der Waals surface area contributed by atoms with Gasteiger partial charge in [-0.3, -0.25) is 38.4 Å². The Morgan fingerprint density at radius 2 is 1.16 bits per heavy atom. The largest absolute Gasteiger partial charge is 0.594 e. The smallest absolute Gasteiger partial charge is 0.296 e. The van der Waals surface area contributed by atoms with Gasteiger partial charge in [-0.05, 0) is 72.1 Å². The van der Waals surface area contributed by atoms with Crippen molar-refractivity contribution in [2.75, 3.05) is 10.9 Å². The highest BCUT2D eigenvalue weighted by molar-refractivity contribution is 7.86. The number of nitrogens with zero attached hydrogens (tertiary/aromatic N) is 6. The van der Waals surface area contributed by atoms with E-state index in [0.717, 1.165) is 54.6 Å². The number of allylic oxidation sites excluding steroid dienone is 1. The fraction of sp³-hybridized carbons (Fsp3) is 0.0588. The van der Waals surface area contributed by atoms with E-state index in [2.05, 4.69) is 41.8 Å². The molecule has 8 N–H and O–H groups in total. The zero-order chi connectivity index (χ0) is 46.5. The number of azo groups is 2. The van der Waals surface area contributed by atoms with Crippen molar-refractivity contribution >= 4 is 105 Å². The Hall–Kier alpha value is -7.30. The lowest BCUT2D eigenvalue weighted by atomic mass is 10.1. The number of aliphatic imine (C=N–C) groups is 1. The summed E-state index contributed by atoms with van der Waals surface area (Å²) in [5, 5.41) is 36.5. The molecule has 1 aliphatic heterocycles. The number of rotatable bonds is 14. The summed E-state index contributed by atoms with van der Waals surface area (Å²) in [6.07, 6.45) is 6.29. The summed E-state index contributed by atoms with van der Waals surface area (Å²) in [7, 11) is -19.9. The summed E-state index contributed by atoms with van der Waals surface area (Å²) in [6, 6.07) is 10.7. The fourth-order valence-corrected chi connectivity index (χ4v) is 8.09. The van der Waals surface area contributed by atoms with Gasteiger partial charge in [0.25, 0.3) is 52.3 Å². The lowest BCUT2D eigenvalue weighted by molar-refractivity contribution is -0.435. The van der Waals surface area contributed by atoms with Gasteiger partial charge in [0, 0.05) is 17.2 Å². The van der Waals surface area contributed by atoms with Crippen molar-refractivity contribution in [2.45, 2.75) is 32.5 Å². The molecular formula is C34H28N10O15S4. The molecule has 0 aliphatic carbocycles. The van der Waals surface area contributed by atoms with Gasteiger partial charge in [0.15, 0.2) is 0 Å². The lowest BCUT2D eigenvalue weighted by Crippen LogP contribution is -2.58. The molecule has 5 rings (SSSR count). The maximum Gasteiger partial charge on any atom is 0.296 e. The zero-order valence-corrected chi connectivity index (χ0v) is 34.7. The molecule has 0 radical (unpaired) electrons. The molecule has 0 spiro atoms. The average Bonchev–Trinajstić information content (AvgIpc) is 3.18. The van der Waals surface area contributed by atoms with Crippen LogP contribution in [0.1, 0.15) is 23.6 Å². The van der Waals surface area contributed by atoms with Gasteiger partial charge in [0.2, 0.25) is 23.9 Å². The third kappa shape index (κ3) is 11.8. The minimum Gasteiger partial charge on any atom is -0.594 e. The molecule has 25 nitrogen and oxygen atoms in total. The Labute approximate surface area is 356 Å². The molecule has 4 aromatic rings. The van der Waals surface area contributed by atoms with Crippen LogP contribution >= 0.6 is 0 Å². The van der Waals surface area contributed by atoms with Gasteiger partial charge in [0.05, 0.1) is 11.4 Å². The molecule has 63 heavy (non-hydrogen) atoms. The summed E-state index contributed by atoms with van der Waals surface area (Å²) in [5.41, 5.74) is 3.20. The van der Waals surface area contributed by atoms with Gasteiger partial charge in [-0.25, -0.2) is 0 Å². The SMILES string of the molecule is C/C=C/c1ccc(N=[N+]([O-])c2ccc(/C=C/c3ccc(NNc4ccc(N=NC5C(=O)NC(=NC#N)NC5=O)c(S(=O)(=O)O)c4)cc3S(=O)(=O)O)c(S(=O)(=O)O)c2)cc1S(=O)(=O)O. The highest BCUT2D eigenvalue weighted by Gasteiger charge is 2.34. The van der Waals surface area contributed by atoms with Crippen molar-refractivity contribution in [2.24, 2.45) is 20.3 Å². The Morgan fingerprint density at radius 1 is 0.683 bits per heavy atom. The fourth-order valence-electron chi connectivity index (χ4n) is 5.32. The van der Waals surface area contributed by atoms with Gasteiger partial charge in [0.1, 0.15) is 31.0 Å². The van der Waals surface area contributed by atoms with Crippen LogP contribution in [0, 0.1) is 16.7 Å². The van der Waals surface area contributed by atoms with Crippen LogP contribution in [-0.4, -0.2) is 80.6 Å². The van der Waals surface area contributed by atoms with Crippen molar-refractivity contribution in [3.05, 3.63) is 101 Å². The molecule has 2 amide bonds. The molecule has 1 heterocycles. The number of amides is 2. The third-order valence-electron chi connectivity index (χ3n) is 8.07. The maximum atomic E-state index is 12.9. The van der Waals surface area contributed by atoms with Crippen LogP contribution in [-0.2, 0) is 50.1 Å². The Morgan fingerprint density at radius 3 is 1.70 bits per heavy atom. The van der Waals surface area contributed by atoms with E-state index in [1.54, 1.807) is 6.92 Å². The average molecular weight is 945 g/mol. The second-order valence-electron chi connectivity index (χ2n) is 12.4. The molecule has 1 saturated heterocycles. The Balaban J connectivity index is 1.39. The third-order valence-corrected chi connectivity index (χ3v) is 11.7. The first-order valence-corrected chi connectivity index (χ1v) is 22.6. The van der Waals surface area contributed by atoms with Crippen LogP contribution in [0.4, 0.5) is 28.4 Å². The molecule has 1 aliphatic rings. The predicted octanol–water partition coefficient (Wildman–Crippen LogP) is 3.78. The van der Waals surface area contributed by atoms with Gasteiger partial charge >= 0.3 is 0 Å². The molecule has 0 bridgehead atoms. The van der Waals surface area contributed by atoms with Crippen LogP contribution in [0.25, 0.3) is 18.2 Å². The quantitative estimate of drug-likeness (QED) is 0.0169. The van der Waals surface area contributed by atoms with E-state index in [1.165, 1.54) is 42.6 Å². The zero-order valence-electron chi connectivity index (χ0n) is 31.4. The molecule has 0 aromatic heterocycles. The second-order valence-corrected chi connectivity index (χ2v) is 18.0. The first kappa shape index (κ1) is 46.8. The van der Waals surface area contributed by atoms with E-state index in [4.69, 9.17) is 5.26 Å². The van der Waals surface area contributed by atoms with E-state index < -0.39 is 95.2 Å². The van der Waals surface area contributed by atoms with E-state index in [9.17, 15) is 66.7 Å². The van der Waals surface area contributed by atoms with Gasteiger partial charge in [-0.1, -0.05) is 41.3 Å². The van der Waals surface area contributed by atoms with Crippen LogP contribution in [0.5, 0.6) is 0 Å². The number of hydrogen-bond acceptors (Lipinski definition) is 18. The van der Waals surface area contributed by atoms with E-state index in [1.807, 2.05) is 0 Å². The van der Waals surface area contributed by atoms with Crippen molar-refractivity contribution < 1.29 is 66.3 Å². The number of benzene rings is 4. The minimum atomic E-state index is -5.09. The van der Waals surface area contributed by atoms with Crippen molar-refractivity contribution in [3.63, 3.8) is 0 Å². The number of guanidine groups is 1. The number of nitrogens with one attached hydrogen (secondary N) is 4. The van der Waals surface area contributed by atoms with Crippen LogP contribution in [0.2, 0.25) is 0 Å². The Kier molecular flexibility index (Phi) is 13.6. The van der Waals surface area contributed by atoms with Crippen LogP contribution in [0.3, 0.4) is 0 Å². The highest BCUT2D eigenvalue weighted by Crippen LogP contribution is 2.31. The predicted molar refractivity (Wildman–Crippen MR) is 219 cm³/mol. The summed E-state index contributed by atoms with van der Waals surface area (Å²) >= 11 is 0. The van der Waals surface area contributed by atoms with E-state index in [-0.39, 0.29) is 38.6 Å². The van der Waals surface area contributed by atoms with Crippen molar-refractivity contribution in [3.8, 4) is 6.19 Å². The molecule has 328 valence electrons. The number of hydrogen-bond donors (Lipinski definition) is 8. The normalized spacial score (nSPS) is 15.3. The number of hydrazine groups is 1. The van der Waals surface area contributed by atoms with Crippen molar-refractivity contribution in [1.82, 2.24) is 10.6 Å². The van der Waals surface area contributed by atoms with Gasteiger partial charge in [-0.15, -0.1) is 4.99 Å². The second kappa shape index (κ2) is 18.4. The van der Waals surface area contributed by atoms with Crippen LogP contribution < -0.4 is 21.5 Å². The molecule has 1 fully saturated rings. The molecule has 0 unspecified atom stereocenters. The van der Waals surface area contributed by atoms with Crippen LogP contribution in [0.15, 0.2) is 119 Å². The Bertz CT molecular complexity index is 3200. The summed E-state index contributed by atoms with van der Waals surface area (Å²) in [5.74, 6) is -2.58.